The van der Waals surface area contributed by atoms with Crippen LogP contribution >= 0.6 is 22.6 Å². The number of aromatic nitrogens is 1. The Hall–Kier alpha value is -8.18. The number of rotatable bonds is 31. The topological polar surface area (TPSA) is 414 Å². The van der Waals surface area contributed by atoms with Crippen LogP contribution in [0.3, 0.4) is 0 Å². The van der Waals surface area contributed by atoms with Crippen molar-refractivity contribution in [3.05, 3.63) is 71.9 Å². The number of fused-ring (bicyclic) bond motifs is 1. The number of amides is 8. The van der Waals surface area contributed by atoms with Crippen LogP contribution < -0.4 is 42.6 Å². The van der Waals surface area contributed by atoms with E-state index in [9.17, 15) is 73.2 Å². The molecule has 8 amide bonds. The van der Waals surface area contributed by atoms with E-state index in [0.717, 1.165) is 16.3 Å². The first kappa shape index (κ1) is 61.4. The van der Waals surface area contributed by atoms with E-state index >= 15 is 0 Å². The second-order valence-electron chi connectivity index (χ2n) is 17.9. The molecule has 1 aliphatic heterocycles. The van der Waals surface area contributed by atoms with Crippen molar-refractivity contribution in [1.29, 1.82) is 0 Å². The lowest BCUT2D eigenvalue weighted by atomic mass is 9.96. The average Bonchev–Trinajstić information content (AvgIpc) is 3.40. The van der Waals surface area contributed by atoms with Gasteiger partial charge in [0.1, 0.15) is 36.0 Å². The summed E-state index contributed by atoms with van der Waals surface area (Å²) >= 11 is 1.89. The van der Waals surface area contributed by atoms with E-state index < -0.39 is 121 Å². The number of carboxylic acids is 5. The summed E-state index contributed by atoms with van der Waals surface area (Å²) in [6, 6.07) is 7.50. The third kappa shape index (κ3) is 21.9. The summed E-state index contributed by atoms with van der Waals surface area (Å²) in [5, 5.41) is 69.8. The number of hydrogen-bond acceptors (Lipinski definition) is 14. The van der Waals surface area contributed by atoms with Crippen molar-refractivity contribution < 1.29 is 78.3 Å². The number of anilines is 1. The molecule has 1 aliphatic rings. The molecule has 28 heteroatoms. The van der Waals surface area contributed by atoms with E-state index in [1.165, 1.54) is 27.5 Å². The molecule has 0 aliphatic carbocycles. The van der Waals surface area contributed by atoms with E-state index in [1.807, 2.05) is 65.1 Å². The highest BCUT2D eigenvalue weighted by Crippen LogP contribution is 2.20. The van der Waals surface area contributed by atoms with Gasteiger partial charge in [0.05, 0.1) is 9.78 Å². The van der Waals surface area contributed by atoms with Crippen molar-refractivity contribution in [1.82, 2.24) is 47.1 Å². The zero-order valence-corrected chi connectivity index (χ0v) is 43.7. The normalized spacial score (nSPS) is 14.4. The number of carboxylic acid groups (broad SMARTS) is 5. The molecule has 27 nitrogen and oxygen atoms in total. The van der Waals surface area contributed by atoms with Gasteiger partial charge in [0, 0.05) is 58.1 Å². The Kier molecular flexibility index (Phi) is 25.2. The Bertz CT molecular complexity index is 2620. The van der Waals surface area contributed by atoms with Gasteiger partial charge in [-0.3, -0.25) is 39.0 Å². The molecule has 13 N–H and O–H groups in total. The number of pyridine rings is 1. The molecule has 0 saturated carbocycles. The van der Waals surface area contributed by atoms with Gasteiger partial charge in [-0.1, -0.05) is 42.5 Å². The summed E-state index contributed by atoms with van der Waals surface area (Å²) in [7, 11) is 0. The second-order valence-corrected chi connectivity index (χ2v) is 18.5. The van der Waals surface area contributed by atoms with Crippen LogP contribution in [-0.2, 0) is 44.8 Å². The van der Waals surface area contributed by atoms with Gasteiger partial charge < -0.3 is 67.7 Å². The predicted molar refractivity (Wildman–Crippen MR) is 283 cm³/mol. The Labute approximate surface area is 454 Å². The van der Waals surface area contributed by atoms with Gasteiger partial charge >= 0.3 is 41.9 Å². The molecule has 0 spiro atoms. The molecule has 416 valence electrons. The molecular formula is C49H62IN11O16. The summed E-state index contributed by atoms with van der Waals surface area (Å²) in [5.41, 5.74) is 3.41. The van der Waals surface area contributed by atoms with E-state index in [4.69, 9.17) is 5.11 Å². The zero-order valence-electron chi connectivity index (χ0n) is 41.6. The molecule has 1 saturated heterocycles. The number of carbonyl (C=O) groups is 11. The lowest BCUT2D eigenvalue weighted by Crippen LogP contribution is -2.55. The Morgan fingerprint density at radius 3 is 1.81 bits per heavy atom. The highest BCUT2D eigenvalue weighted by molar-refractivity contribution is 14.1. The van der Waals surface area contributed by atoms with Crippen molar-refractivity contribution >= 4 is 109 Å². The minimum atomic E-state index is -1.57. The number of nitrogens with zero attached hydrogens (tertiary/aromatic N) is 3. The van der Waals surface area contributed by atoms with Crippen LogP contribution in [0.4, 0.5) is 15.4 Å². The largest absolute Gasteiger partial charge is 0.481 e. The lowest BCUT2D eigenvalue weighted by molar-refractivity contribution is -0.141. The minimum Gasteiger partial charge on any atom is -0.481 e. The Morgan fingerprint density at radius 2 is 1.22 bits per heavy atom. The number of carbonyl (C=O) groups excluding carboxylic acids is 6. The van der Waals surface area contributed by atoms with Crippen molar-refractivity contribution in [2.45, 2.75) is 107 Å². The SMILES string of the molecule is O=C(O)CCC(NC(=O)NC(CCCCNC(=O)C(Cc1ccc2ccccc2c1)NC(=O)N1CCC(CNC(=O)C(CCC(=O)O)NC(=O)C(CCC(=O)O)NC(=O)c2ccc(N/N=C/I)nc2)CC1)C(=O)O)C(=O)O. The Morgan fingerprint density at radius 1 is 0.636 bits per heavy atom. The summed E-state index contributed by atoms with van der Waals surface area (Å²) in [6.45, 7) is 0.575. The monoisotopic (exact) mass is 1190 g/mol. The van der Waals surface area contributed by atoms with Crippen LogP contribution in [0.1, 0.15) is 86.6 Å². The number of hydrazone groups is 1. The highest BCUT2D eigenvalue weighted by Gasteiger charge is 2.31. The van der Waals surface area contributed by atoms with Gasteiger partial charge in [0.25, 0.3) is 5.91 Å². The second kappa shape index (κ2) is 31.6. The number of urea groups is 2. The first-order valence-electron chi connectivity index (χ1n) is 24.4. The zero-order chi connectivity index (χ0) is 56.4. The van der Waals surface area contributed by atoms with Crippen LogP contribution in [0.5, 0.6) is 0 Å². The maximum absolute atomic E-state index is 13.8. The quantitative estimate of drug-likeness (QED) is 0.0189. The van der Waals surface area contributed by atoms with E-state index in [-0.39, 0.29) is 76.2 Å². The average molecular weight is 1190 g/mol. The van der Waals surface area contributed by atoms with Crippen molar-refractivity contribution in [2.75, 3.05) is 31.6 Å². The predicted octanol–water partition coefficient (Wildman–Crippen LogP) is 1.84. The minimum absolute atomic E-state index is 0.0317. The number of likely N-dealkylation sites (tertiary alicyclic amines) is 1. The molecule has 0 radical (unpaired) electrons. The Balaban J connectivity index is 1.33. The number of unbranched alkanes of at least 4 members (excludes halogenated alkanes) is 1. The molecule has 1 aromatic heterocycles. The molecule has 2 aromatic carbocycles. The molecule has 0 bridgehead atoms. The van der Waals surface area contributed by atoms with Crippen LogP contribution in [0.25, 0.3) is 10.8 Å². The fourth-order valence-electron chi connectivity index (χ4n) is 7.98. The van der Waals surface area contributed by atoms with Gasteiger partial charge in [0.2, 0.25) is 17.7 Å². The van der Waals surface area contributed by atoms with Crippen LogP contribution in [-0.4, -0.2) is 162 Å². The summed E-state index contributed by atoms with van der Waals surface area (Å²) < 4.78 is 1.45. The van der Waals surface area contributed by atoms with Crippen molar-refractivity contribution in [3.8, 4) is 0 Å². The van der Waals surface area contributed by atoms with Crippen molar-refractivity contribution in [2.24, 2.45) is 11.0 Å². The standard InChI is InChI=1S/C49H62IN11O16/c50-27-54-60-38-14-10-32(26-52-38)42(68)55-34(12-16-40(64)65)45(71)56-33(11-15-39(62)63)43(69)53-25-28-18-21-61(22-19-28)49(77)59-37(24-29-8-9-30-5-1-2-6-31(30)23-29)44(70)51-20-4-3-7-35(46(72)73)57-48(76)58-36(47(74)75)13-17-41(66)67/h1-2,5-6,8-10,14,23,26-28,33-37H,3-4,7,11-13,15-22,24-25H2,(H,51,70)(H,52,60)(H,53,69)(H,55,68)(H,56,71)(H,59,77)(H,62,63)(H,64,65)(H,66,67)(H,72,73)(H,74,75)(H2,57,58,76)/b54-27+. The molecule has 1 fully saturated rings. The van der Waals surface area contributed by atoms with Gasteiger partial charge in [-0.05, 0) is 108 Å². The number of aliphatic carboxylic acids is 5. The number of piperidine rings is 1. The fraction of sp³-hybridized carbons (Fsp3) is 0.449. The number of halogens is 1. The molecule has 5 unspecified atom stereocenters. The van der Waals surface area contributed by atoms with E-state index in [1.54, 1.807) is 0 Å². The van der Waals surface area contributed by atoms with Gasteiger partial charge in [-0.2, -0.15) is 5.10 Å². The molecule has 77 heavy (non-hydrogen) atoms. The van der Waals surface area contributed by atoms with Gasteiger partial charge in [-0.25, -0.2) is 24.2 Å². The number of nitrogens with one attached hydrogen (secondary N) is 8. The highest BCUT2D eigenvalue weighted by atomic mass is 127. The maximum Gasteiger partial charge on any atom is 0.326 e. The number of benzene rings is 2. The summed E-state index contributed by atoms with van der Waals surface area (Å²) in [5.74, 6) is -9.50. The molecule has 4 rings (SSSR count). The van der Waals surface area contributed by atoms with Gasteiger partial charge in [0.15, 0.2) is 0 Å². The smallest absolute Gasteiger partial charge is 0.326 e. The third-order valence-corrected chi connectivity index (χ3v) is 12.5. The lowest BCUT2D eigenvalue weighted by Gasteiger charge is -2.33. The molecule has 3 aromatic rings. The van der Waals surface area contributed by atoms with Crippen LogP contribution in [0.15, 0.2) is 65.9 Å². The van der Waals surface area contributed by atoms with Gasteiger partial charge in [-0.15, -0.1) is 0 Å². The summed E-state index contributed by atoms with van der Waals surface area (Å²) in [6.07, 6.45) is -0.276. The molecule has 5 atom stereocenters. The van der Waals surface area contributed by atoms with E-state index in [0.29, 0.717) is 18.7 Å². The fourth-order valence-corrected chi connectivity index (χ4v) is 8.12. The van der Waals surface area contributed by atoms with Crippen LogP contribution in [0, 0.1) is 5.92 Å². The summed E-state index contributed by atoms with van der Waals surface area (Å²) in [4.78, 5) is 143. The van der Waals surface area contributed by atoms with E-state index in [2.05, 4.69) is 52.7 Å². The van der Waals surface area contributed by atoms with Crippen LogP contribution in [0.2, 0.25) is 0 Å². The first-order chi connectivity index (χ1) is 36.7. The third-order valence-electron chi connectivity index (χ3n) is 12.2. The first-order valence-corrected chi connectivity index (χ1v) is 25.7. The number of hydrogen-bond donors (Lipinski definition) is 13. The maximum atomic E-state index is 13.8. The molecule has 2 heterocycles. The van der Waals surface area contributed by atoms with Crippen molar-refractivity contribution in [3.63, 3.8) is 0 Å². The molecular weight excluding hydrogens is 1130 g/mol.